The number of fused-ring (bicyclic) bond motifs is 7. The number of imidazole rings is 1. The standard InChI is InChI=1S/C48H36N4O2.Pt/c1-29-13-12-14-30(2)46(29)52-39-19-10-8-17-37(39)50-47(52)31-25-42(45-36-16-7-11-20-41(36)54-43(45)26-31)53-33-21-22-35-34-15-6-9-18-38(34)51(40(35)28-33)44-27-32(23-24-49-44)48(3,4)5;/h6-24,26-27H,1-5H3;/q-2;+2. The fourth-order valence-corrected chi connectivity index (χ4v) is 7.83. The molecule has 10 rings (SSSR count). The van der Waals surface area contributed by atoms with E-state index in [1.165, 1.54) is 5.56 Å². The number of hydrogen-bond acceptors (Lipinski definition) is 4. The van der Waals surface area contributed by atoms with Crippen molar-refractivity contribution in [3.63, 3.8) is 0 Å². The zero-order valence-electron chi connectivity index (χ0n) is 31.0. The summed E-state index contributed by atoms with van der Waals surface area (Å²) in [4.78, 5) is 10.1. The zero-order chi connectivity index (χ0) is 36.7. The summed E-state index contributed by atoms with van der Waals surface area (Å²) in [6.45, 7) is 10.9. The molecule has 0 saturated heterocycles. The fraction of sp³-hybridized carbons (Fsp3) is 0.125. The van der Waals surface area contributed by atoms with Crippen LogP contribution in [0, 0.1) is 26.0 Å². The van der Waals surface area contributed by atoms with Crippen molar-refractivity contribution in [2.45, 2.75) is 40.0 Å². The van der Waals surface area contributed by atoms with Crippen LogP contribution in [0.15, 0.2) is 132 Å². The summed E-state index contributed by atoms with van der Waals surface area (Å²) in [5.74, 6) is 2.69. The number of rotatable bonds is 5. The van der Waals surface area contributed by atoms with Gasteiger partial charge in [0.15, 0.2) is 0 Å². The summed E-state index contributed by atoms with van der Waals surface area (Å²) in [6, 6.07) is 48.8. The Hall–Kier alpha value is -5.97. The van der Waals surface area contributed by atoms with Gasteiger partial charge in [-0.1, -0.05) is 105 Å². The number of benzene rings is 6. The summed E-state index contributed by atoms with van der Waals surface area (Å²) in [5.41, 5.74) is 10.6. The number of hydrogen-bond donors (Lipinski definition) is 0. The Morgan fingerprint density at radius 2 is 1.40 bits per heavy atom. The number of nitrogens with zero attached hydrogens (tertiary/aromatic N) is 4. The predicted octanol–water partition coefficient (Wildman–Crippen LogP) is 12.4. The second-order valence-electron chi connectivity index (χ2n) is 15.0. The van der Waals surface area contributed by atoms with Crippen LogP contribution in [0.4, 0.5) is 0 Å². The van der Waals surface area contributed by atoms with Crippen molar-refractivity contribution in [2.75, 3.05) is 0 Å². The van der Waals surface area contributed by atoms with E-state index in [9.17, 15) is 0 Å². The molecule has 0 spiro atoms. The molecule has 0 N–H and O–H groups in total. The van der Waals surface area contributed by atoms with Gasteiger partial charge >= 0.3 is 21.1 Å². The van der Waals surface area contributed by atoms with Crippen LogP contribution in [0.1, 0.15) is 37.5 Å². The molecule has 10 aromatic rings. The van der Waals surface area contributed by atoms with E-state index in [1.807, 2.05) is 42.6 Å². The molecule has 0 aliphatic carbocycles. The van der Waals surface area contributed by atoms with Crippen LogP contribution in [-0.2, 0) is 26.5 Å². The largest absolute Gasteiger partial charge is 2.00 e. The molecule has 0 radical (unpaired) electrons. The molecule has 0 amide bonds. The average molecular weight is 896 g/mol. The van der Waals surface area contributed by atoms with Crippen molar-refractivity contribution >= 4 is 54.8 Å². The van der Waals surface area contributed by atoms with E-state index >= 15 is 0 Å². The van der Waals surface area contributed by atoms with Gasteiger partial charge in [-0.05, 0) is 88.5 Å². The van der Waals surface area contributed by atoms with E-state index in [4.69, 9.17) is 19.1 Å². The van der Waals surface area contributed by atoms with Gasteiger partial charge in [0.05, 0.1) is 28.2 Å². The number of furan rings is 1. The Bertz CT molecular complexity index is 3090. The molecule has 0 aliphatic heterocycles. The maximum atomic E-state index is 6.92. The maximum absolute atomic E-state index is 6.92. The third-order valence-electron chi connectivity index (χ3n) is 10.4. The van der Waals surface area contributed by atoms with Gasteiger partial charge in [-0.3, -0.25) is 4.98 Å². The number of ether oxygens (including phenoxy) is 1. The quantitative estimate of drug-likeness (QED) is 0.162. The first-order valence-corrected chi connectivity index (χ1v) is 18.3. The number of aromatic nitrogens is 4. The van der Waals surface area contributed by atoms with Crippen LogP contribution >= 0.6 is 0 Å². The minimum absolute atomic E-state index is 0. The Kier molecular flexibility index (Phi) is 8.29. The topological polar surface area (TPSA) is 58.0 Å². The van der Waals surface area contributed by atoms with Crippen molar-refractivity contribution in [1.82, 2.24) is 19.1 Å². The molecule has 270 valence electrons. The van der Waals surface area contributed by atoms with Gasteiger partial charge < -0.3 is 18.3 Å². The summed E-state index contributed by atoms with van der Waals surface area (Å²) in [6.07, 6.45) is 1.89. The Balaban J connectivity index is 0.00000397. The van der Waals surface area contributed by atoms with E-state index in [0.717, 1.165) is 83.2 Å². The van der Waals surface area contributed by atoms with Crippen molar-refractivity contribution < 1.29 is 30.2 Å². The first-order valence-electron chi connectivity index (χ1n) is 18.3. The molecule has 6 nitrogen and oxygen atoms in total. The van der Waals surface area contributed by atoms with Crippen molar-refractivity contribution in [3.8, 4) is 34.4 Å². The third kappa shape index (κ3) is 5.66. The predicted molar refractivity (Wildman–Crippen MR) is 218 cm³/mol. The molecule has 6 aromatic carbocycles. The molecule has 0 saturated carbocycles. The van der Waals surface area contributed by atoms with Gasteiger partial charge in [0.25, 0.3) is 0 Å². The van der Waals surface area contributed by atoms with Gasteiger partial charge in [0.2, 0.25) is 0 Å². The molecule has 0 bridgehead atoms. The SMILES string of the molecule is Cc1cccc(C)c1-n1c(-c2[c-]c(Oc3[c-]c4c(cc3)c3ccccc3n4-c3cc(C(C)(C)C)ccn3)c3c(c2)oc2ccccc23)nc2ccccc21.[Pt+2]. The zero-order valence-corrected chi connectivity index (χ0v) is 33.3. The monoisotopic (exact) mass is 895 g/mol. The first kappa shape index (κ1) is 34.8. The average Bonchev–Trinajstić information content (AvgIpc) is 3.84. The molecule has 0 atom stereocenters. The van der Waals surface area contributed by atoms with Crippen LogP contribution < -0.4 is 4.74 Å². The minimum Gasteiger partial charge on any atom is -0.502 e. The third-order valence-corrected chi connectivity index (χ3v) is 10.4. The van der Waals surface area contributed by atoms with E-state index < -0.39 is 0 Å². The summed E-state index contributed by atoms with van der Waals surface area (Å²) >= 11 is 0. The van der Waals surface area contributed by atoms with Crippen LogP contribution in [-0.4, -0.2) is 19.1 Å². The maximum Gasteiger partial charge on any atom is 2.00 e. The Labute approximate surface area is 333 Å². The number of para-hydroxylation sites is 5. The van der Waals surface area contributed by atoms with Crippen molar-refractivity contribution in [3.05, 3.63) is 156 Å². The molecular formula is C48H36N4O2Pt. The van der Waals surface area contributed by atoms with Gasteiger partial charge in [-0.2, -0.15) is 6.07 Å². The van der Waals surface area contributed by atoms with Gasteiger partial charge in [0.1, 0.15) is 11.4 Å². The second kappa shape index (κ2) is 13.1. The second-order valence-corrected chi connectivity index (χ2v) is 15.0. The summed E-state index contributed by atoms with van der Waals surface area (Å²) in [5, 5.41) is 3.99. The smallest absolute Gasteiger partial charge is 0.502 e. The number of pyridine rings is 1. The molecule has 7 heteroatoms. The van der Waals surface area contributed by atoms with E-state index in [2.05, 4.69) is 141 Å². The van der Waals surface area contributed by atoms with Gasteiger partial charge in [-0.15, -0.1) is 23.1 Å². The van der Waals surface area contributed by atoms with Crippen LogP contribution in [0.5, 0.6) is 11.5 Å². The van der Waals surface area contributed by atoms with Gasteiger partial charge in [0, 0.05) is 23.2 Å². The number of aryl methyl sites for hydroxylation is 2. The molecule has 55 heavy (non-hydrogen) atoms. The molecule has 0 fully saturated rings. The fourth-order valence-electron chi connectivity index (χ4n) is 7.83. The Morgan fingerprint density at radius 3 is 2.20 bits per heavy atom. The van der Waals surface area contributed by atoms with Crippen LogP contribution in [0.25, 0.3) is 77.7 Å². The van der Waals surface area contributed by atoms with Crippen LogP contribution in [0.3, 0.4) is 0 Å². The summed E-state index contributed by atoms with van der Waals surface area (Å²) in [7, 11) is 0. The van der Waals surface area contributed by atoms with Crippen LogP contribution in [0.2, 0.25) is 0 Å². The van der Waals surface area contributed by atoms with Crippen molar-refractivity contribution in [1.29, 1.82) is 0 Å². The first-order chi connectivity index (χ1) is 26.2. The molecule has 4 heterocycles. The van der Waals surface area contributed by atoms with E-state index in [1.54, 1.807) is 0 Å². The van der Waals surface area contributed by atoms with Crippen molar-refractivity contribution in [2.24, 2.45) is 0 Å². The normalized spacial score (nSPS) is 11.9. The summed E-state index contributed by atoms with van der Waals surface area (Å²) < 4.78 is 17.9. The Morgan fingerprint density at radius 1 is 0.673 bits per heavy atom. The van der Waals surface area contributed by atoms with Gasteiger partial charge in [-0.25, -0.2) is 4.98 Å². The minimum atomic E-state index is -0.0352. The molecule has 4 aromatic heterocycles. The van der Waals surface area contributed by atoms with E-state index in [-0.39, 0.29) is 26.5 Å². The molecule has 0 unspecified atom stereocenters. The van der Waals surface area contributed by atoms with E-state index in [0.29, 0.717) is 17.1 Å². The molecular weight excluding hydrogens is 860 g/mol. The molecule has 0 aliphatic rings.